The Morgan fingerprint density at radius 3 is 2.72 bits per heavy atom. The van der Waals surface area contributed by atoms with Crippen LogP contribution < -0.4 is 5.32 Å². The van der Waals surface area contributed by atoms with Crippen molar-refractivity contribution in [3.05, 3.63) is 18.2 Å². The number of nitriles is 2. The lowest BCUT2D eigenvalue weighted by Crippen LogP contribution is -2.50. The zero-order valence-corrected chi connectivity index (χ0v) is 10.1. The smallest absolute Gasteiger partial charge is 0.212 e. The van der Waals surface area contributed by atoms with Crippen LogP contribution in [0.25, 0.3) is 0 Å². The Morgan fingerprint density at radius 2 is 2.17 bits per heavy atom. The molecule has 0 saturated heterocycles. The van der Waals surface area contributed by atoms with Gasteiger partial charge in [-0.05, 0) is 31.6 Å². The van der Waals surface area contributed by atoms with E-state index in [2.05, 4.69) is 22.4 Å². The van der Waals surface area contributed by atoms with E-state index in [-0.39, 0.29) is 0 Å². The minimum absolute atomic E-state index is 0.382. The quantitative estimate of drug-likeness (QED) is 0.839. The van der Waals surface area contributed by atoms with E-state index in [1.807, 2.05) is 0 Å². The zero-order chi connectivity index (χ0) is 12.6. The van der Waals surface area contributed by atoms with Crippen LogP contribution in [0.5, 0.6) is 0 Å². The van der Waals surface area contributed by atoms with Crippen molar-refractivity contribution < 1.29 is 0 Å². The molecule has 0 amide bonds. The van der Waals surface area contributed by atoms with E-state index >= 15 is 0 Å². The molecule has 2 aliphatic carbocycles. The Balaban J connectivity index is 1.85. The Morgan fingerprint density at radius 1 is 1.39 bits per heavy atom. The summed E-state index contributed by atoms with van der Waals surface area (Å²) < 4.78 is 1.79. The molecule has 0 radical (unpaired) electrons. The normalized spacial score (nSPS) is 21.9. The fourth-order valence-electron chi connectivity index (χ4n) is 2.44. The van der Waals surface area contributed by atoms with Crippen LogP contribution in [0.15, 0.2) is 12.4 Å². The fourth-order valence-corrected chi connectivity index (χ4v) is 2.44. The molecule has 5 nitrogen and oxygen atoms in total. The van der Waals surface area contributed by atoms with Crippen LogP contribution >= 0.6 is 0 Å². The third-order valence-corrected chi connectivity index (χ3v) is 3.75. The molecule has 18 heavy (non-hydrogen) atoms. The number of aromatic nitrogens is 2. The van der Waals surface area contributed by atoms with Crippen LogP contribution in [0.3, 0.4) is 0 Å². The molecule has 1 unspecified atom stereocenters. The first-order chi connectivity index (χ1) is 8.77. The molecule has 5 heteroatoms. The third kappa shape index (κ3) is 1.98. The van der Waals surface area contributed by atoms with Crippen molar-refractivity contribution >= 4 is 0 Å². The fraction of sp³-hybridized carbons (Fsp3) is 0.615. The van der Waals surface area contributed by atoms with E-state index in [1.54, 1.807) is 17.0 Å². The summed E-state index contributed by atoms with van der Waals surface area (Å²) in [6, 6.07) is 5.02. The molecule has 2 fully saturated rings. The second kappa shape index (κ2) is 4.12. The van der Waals surface area contributed by atoms with E-state index in [0.717, 1.165) is 25.7 Å². The molecular formula is C13H15N5. The van der Waals surface area contributed by atoms with Gasteiger partial charge in [0.1, 0.15) is 11.6 Å². The highest BCUT2D eigenvalue weighted by atomic mass is 15.1. The first-order valence-corrected chi connectivity index (χ1v) is 6.37. The van der Waals surface area contributed by atoms with Crippen molar-refractivity contribution in [2.24, 2.45) is 5.92 Å². The van der Waals surface area contributed by atoms with Crippen LogP contribution in [0.1, 0.15) is 31.5 Å². The molecule has 0 spiro atoms. The molecule has 0 aliphatic heterocycles. The summed E-state index contributed by atoms with van der Waals surface area (Å²) in [5, 5.41) is 22.1. The molecule has 0 bridgehead atoms. The van der Waals surface area contributed by atoms with Crippen molar-refractivity contribution in [1.29, 1.82) is 10.5 Å². The maximum Gasteiger partial charge on any atom is 0.212 e. The Bertz CT molecular complexity index is 526. The number of rotatable bonds is 5. The molecule has 1 aromatic rings. The van der Waals surface area contributed by atoms with Crippen LogP contribution in [-0.2, 0) is 6.54 Å². The third-order valence-electron chi connectivity index (χ3n) is 3.75. The lowest BCUT2D eigenvalue weighted by Gasteiger charge is -2.28. The van der Waals surface area contributed by atoms with Crippen LogP contribution in [0.2, 0.25) is 0 Å². The number of imidazole rings is 1. The average molecular weight is 241 g/mol. The van der Waals surface area contributed by atoms with Gasteiger partial charge in [-0.3, -0.25) is 5.32 Å². The largest absolute Gasteiger partial charge is 0.320 e. The van der Waals surface area contributed by atoms with Crippen molar-refractivity contribution in [3.8, 4) is 12.1 Å². The minimum atomic E-state index is -0.520. The van der Waals surface area contributed by atoms with Crippen molar-refractivity contribution in [2.75, 3.05) is 0 Å². The molecule has 1 atom stereocenters. The molecular weight excluding hydrogens is 226 g/mol. The summed E-state index contributed by atoms with van der Waals surface area (Å²) in [6.45, 7) is 0.521. The van der Waals surface area contributed by atoms with Gasteiger partial charge in [-0.1, -0.05) is 0 Å². The van der Waals surface area contributed by atoms with Gasteiger partial charge in [0.15, 0.2) is 0 Å². The summed E-state index contributed by atoms with van der Waals surface area (Å²) in [5.41, 5.74) is -0.520. The zero-order valence-electron chi connectivity index (χ0n) is 10.1. The van der Waals surface area contributed by atoms with Gasteiger partial charge in [0.05, 0.1) is 12.6 Å². The van der Waals surface area contributed by atoms with Gasteiger partial charge in [0.25, 0.3) is 0 Å². The van der Waals surface area contributed by atoms with E-state index in [9.17, 15) is 5.26 Å². The Labute approximate surface area is 106 Å². The second-order valence-corrected chi connectivity index (χ2v) is 5.27. The summed E-state index contributed by atoms with van der Waals surface area (Å²) >= 11 is 0. The number of nitrogens with one attached hydrogen (secondary N) is 1. The minimum Gasteiger partial charge on any atom is -0.320 e. The lowest BCUT2D eigenvalue weighted by molar-refractivity contribution is 0.313. The second-order valence-electron chi connectivity index (χ2n) is 5.27. The summed E-state index contributed by atoms with van der Waals surface area (Å²) in [7, 11) is 0. The first-order valence-electron chi connectivity index (χ1n) is 6.37. The molecule has 0 aromatic carbocycles. The predicted molar refractivity (Wildman–Crippen MR) is 64.2 cm³/mol. The Hall–Kier alpha value is -1.85. The van der Waals surface area contributed by atoms with Crippen molar-refractivity contribution in [3.63, 3.8) is 0 Å². The van der Waals surface area contributed by atoms with Gasteiger partial charge in [-0.2, -0.15) is 10.5 Å². The van der Waals surface area contributed by atoms with Gasteiger partial charge in [0.2, 0.25) is 5.82 Å². The van der Waals surface area contributed by atoms with Crippen LogP contribution in [0.4, 0.5) is 0 Å². The van der Waals surface area contributed by atoms with Gasteiger partial charge in [-0.15, -0.1) is 0 Å². The lowest BCUT2D eigenvalue weighted by atomic mass is 9.94. The highest BCUT2D eigenvalue weighted by Crippen LogP contribution is 2.42. The van der Waals surface area contributed by atoms with Gasteiger partial charge in [-0.25, -0.2) is 4.98 Å². The van der Waals surface area contributed by atoms with Crippen LogP contribution in [0, 0.1) is 28.6 Å². The molecule has 3 rings (SSSR count). The average Bonchev–Trinajstić information content (AvgIpc) is 3.28. The van der Waals surface area contributed by atoms with Gasteiger partial charge >= 0.3 is 0 Å². The predicted octanol–water partition coefficient (Wildman–Crippen LogP) is 1.18. The molecule has 92 valence electrons. The topological polar surface area (TPSA) is 77.4 Å². The maximum absolute atomic E-state index is 9.60. The van der Waals surface area contributed by atoms with Crippen molar-refractivity contribution in [1.82, 2.24) is 14.9 Å². The number of nitrogens with zero attached hydrogens (tertiary/aromatic N) is 4. The standard InChI is InChI=1S/C13H15N5/c14-7-12-16-5-6-18(12)9-13(8-15,10-1-2-10)17-11-3-4-11/h5-6,10-11,17H,1-4,9H2. The van der Waals surface area contributed by atoms with E-state index < -0.39 is 5.54 Å². The highest BCUT2D eigenvalue weighted by molar-refractivity contribution is 5.20. The first kappa shape index (κ1) is 11.3. The summed E-state index contributed by atoms with van der Waals surface area (Å²) in [4.78, 5) is 3.99. The number of hydrogen-bond acceptors (Lipinski definition) is 4. The monoisotopic (exact) mass is 241 g/mol. The van der Waals surface area contributed by atoms with E-state index in [0.29, 0.717) is 24.3 Å². The molecule has 1 heterocycles. The SMILES string of the molecule is N#Cc1nccn1CC(C#N)(NC1CC1)C1CC1. The van der Waals surface area contributed by atoms with E-state index in [4.69, 9.17) is 5.26 Å². The molecule has 1 N–H and O–H groups in total. The van der Waals surface area contributed by atoms with Crippen LogP contribution in [-0.4, -0.2) is 21.1 Å². The highest BCUT2D eigenvalue weighted by Gasteiger charge is 2.48. The molecule has 2 saturated carbocycles. The van der Waals surface area contributed by atoms with Gasteiger partial charge in [0, 0.05) is 18.4 Å². The summed E-state index contributed by atoms with van der Waals surface area (Å²) in [5.74, 6) is 0.796. The molecule has 1 aromatic heterocycles. The maximum atomic E-state index is 9.60. The van der Waals surface area contributed by atoms with Gasteiger partial charge < -0.3 is 4.57 Å². The van der Waals surface area contributed by atoms with Crippen molar-refractivity contribution in [2.45, 2.75) is 43.8 Å². The molecule has 2 aliphatic rings. The van der Waals surface area contributed by atoms with E-state index in [1.165, 1.54) is 0 Å². The summed E-state index contributed by atoms with van der Waals surface area (Å²) in [6.07, 6.45) is 7.91. The Kier molecular flexibility index (Phi) is 2.57. The number of hydrogen-bond donors (Lipinski definition) is 1.